The van der Waals surface area contributed by atoms with Crippen molar-refractivity contribution in [2.45, 2.75) is 33.5 Å². The van der Waals surface area contributed by atoms with Gasteiger partial charge in [0, 0.05) is 7.05 Å². The van der Waals surface area contributed by atoms with Gasteiger partial charge in [-0.25, -0.2) is 9.31 Å². The van der Waals surface area contributed by atoms with Crippen molar-refractivity contribution in [3.05, 3.63) is 28.4 Å². The lowest BCUT2D eigenvalue weighted by atomic mass is 10.1. The van der Waals surface area contributed by atoms with Crippen LogP contribution < -0.4 is 10.1 Å². The van der Waals surface area contributed by atoms with Crippen LogP contribution in [0.4, 0.5) is 13.2 Å². The molecule has 0 aromatic carbocycles. The fourth-order valence-electron chi connectivity index (χ4n) is 2.70. The Morgan fingerprint density at radius 2 is 1.90 bits per heavy atom. The van der Waals surface area contributed by atoms with Crippen LogP contribution in [-0.2, 0) is 13.6 Å². The summed E-state index contributed by atoms with van der Waals surface area (Å²) in [5.74, 6) is -0.567. The first-order chi connectivity index (χ1) is 13.6. The van der Waals surface area contributed by atoms with E-state index in [-0.39, 0.29) is 35.0 Å². The molecule has 1 amide bonds. The minimum absolute atomic E-state index is 0.0257. The third-order valence-corrected chi connectivity index (χ3v) is 4.03. The Kier molecular flexibility index (Phi) is 5.31. The van der Waals surface area contributed by atoms with Crippen LogP contribution in [0.5, 0.6) is 5.88 Å². The van der Waals surface area contributed by atoms with Crippen molar-refractivity contribution in [1.29, 1.82) is 0 Å². The fourth-order valence-corrected chi connectivity index (χ4v) is 2.70. The van der Waals surface area contributed by atoms with Gasteiger partial charge < -0.3 is 14.6 Å². The molecule has 0 saturated carbocycles. The van der Waals surface area contributed by atoms with Gasteiger partial charge >= 0.3 is 6.18 Å². The number of hydrogen-bond donors (Lipinski definition) is 1. The highest BCUT2D eigenvalue weighted by molar-refractivity contribution is 6.01. The molecule has 0 radical (unpaired) electrons. The van der Waals surface area contributed by atoms with Gasteiger partial charge in [-0.1, -0.05) is 15.5 Å². The zero-order valence-corrected chi connectivity index (χ0v) is 15.9. The van der Waals surface area contributed by atoms with Crippen molar-refractivity contribution < 1.29 is 31.9 Å². The number of amides is 1. The molecule has 10 nitrogen and oxygen atoms in total. The van der Waals surface area contributed by atoms with Crippen molar-refractivity contribution >= 4 is 5.91 Å². The molecule has 0 bridgehead atoms. The van der Waals surface area contributed by atoms with Gasteiger partial charge in [0.2, 0.25) is 5.88 Å². The molecule has 0 aliphatic rings. The van der Waals surface area contributed by atoms with Crippen molar-refractivity contribution in [3.63, 3.8) is 0 Å². The summed E-state index contributed by atoms with van der Waals surface area (Å²) in [6, 6.07) is 0. The quantitative estimate of drug-likeness (QED) is 0.652. The van der Waals surface area contributed by atoms with Crippen LogP contribution in [-0.4, -0.2) is 43.9 Å². The average molecular weight is 414 g/mol. The third-order valence-electron chi connectivity index (χ3n) is 4.03. The second-order valence-corrected chi connectivity index (χ2v) is 6.23. The molecule has 156 valence electrons. The van der Waals surface area contributed by atoms with Crippen molar-refractivity contribution in [2.75, 3.05) is 6.61 Å². The molecule has 0 aliphatic carbocycles. The topological polar surface area (TPSA) is 121 Å². The smallest absolute Gasteiger partial charge is 0.422 e. The van der Waals surface area contributed by atoms with E-state index in [1.807, 2.05) is 0 Å². The number of aromatic nitrogens is 5. The summed E-state index contributed by atoms with van der Waals surface area (Å²) in [4.78, 5) is 12.7. The average Bonchev–Trinajstić information content (AvgIpc) is 3.27. The zero-order chi connectivity index (χ0) is 21.3. The predicted molar refractivity (Wildman–Crippen MR) is 89.9 cm³/mol. The Balaban J connectivity index is 1.93. The predicted octanol–water partition coefficient (Wildman–Crippen LogP) is 2.25. The van der Waals surface area contributed by atoms with Gasteiger partial charge in [-0.2, -0.15) is 18.3 Å². The van der Waals surface area contributed by atoms with Crippen molar-refractivity contribution in [3.8, 4) is 17.1 Å². The minimum Gasteiger partial charge on any atom is -0.468 e. The molecule has 1 N–H and O–H groups in total. The van der Waals surface area contributed by atoms with Crippen LogP contribution in [0.25, 0.3) is 11.3 Å². The van der Waals surface area contributed by atoms with Gasteiger partial charge in [0.05, 0.1) is 17.8 Å². The van der Waals surface area contributed by atoms with Crippen molar-refractivity contribution in [2.24, 2.45) is 7.05 Å². The molecule has 13 heteroatoms. The summed E-state index contributed by atoms with van der Waals surface area (Å²) in [7, 11) is 1.43. The number of nitrogens with one attached hydrogen (secondary N) is 1. The summed E-state index contributed by atoms with van der Waals surface area (Å²) in [6.07, 6.45) is -4.54. The second kappa shape index (κ2) is 7.56. The van der Waals surface area contributed by atoms with Crippen LogP contribution in [0, 0.1) is 20.8 Å². The molecule has 3 rings (SSSR count). The lowest BCUT2D eigenvalue weighted by Crippen LogP contribution is -2.24. The van der Waals surface area contributed by atoms with Crippen LogP contribution >= 0.6 is 0 Å². The number of rotatable bonds is 6. The Bertz CT molecular complexity index is 1040. The lowest BCUT2D eigenvalue weighted by molar-refractivity contribution is -0.154. The van der Waals surface area contributed by atoms with E-state index in [1.165, 1.54) is 14.0 Å². The maximum Gasteiger partial charge on any atom is 0.422 e. The maximum absolute atomic E-state index is 12.7. The first kappa shape index (κ1) is 20.4. The van der Waals surface area contributed by atoms with Gasteiger partial charge in [0.1, 0.15) is 28.4 Å². The number of carbonyl (C=O) groups is 1. The van der Waals surface area contributed by atoms with E-state index in [0.29, 0.717) is 17.1 Å². The Morgan fingerprint density at radius 1 is 1.17 bits per heavy atom. The van der Waals surface area contributed by atoms with E-state index < -0.39 is 18.7 Å². The van der Waals surface area contributed by atoms with E-state index in [4.69, 9.17) is 9.26 Å². The van der Waals surface area contributed by atoms with E-state index in [9.17, 15) is 18.0 Å². The molecular formula is C16H17F3N6O4. The lowest BCUT2D eigenvalue weighted by Gasteiger charge is -2.11. The first-order valence-corrected chi connectivity index (χ1v) is 8.34. The molecule has 0 atom stereocenters. The number of hydrogen-bond acceptors (Lipinski definition) is 8. The van der Waals surface area contributed by atoms with E-state index in [0.717, 1.165) is 4.68 Å². The molecule has 0 saturated heterocycles. The monoisotopic (exact) mass is 414 g/mol. The molecule has 29 heavy (non-hydrogen) atoms. The van der Waals surface area contributed by atoms with Gasteiger partial charge in [-0.3, -0.25) is 4.79 Å². The Hall–Kier alpha value is -3.38. The number of nitrogens with zero attached hydrogens (tertiary/aromatic N) is 5. The molecular weight excluding hydrogens is 397 g/mol. The number of halogens is 3. The highest BCUT2D eigenvalue weighted by Gasteiger charge is 2.32. The highest BCUT2D eigenvalue weighted by atomic mass is 19.4. The standard InChI is InChI=1S/C16H17F3N6O4/c1-7-10(23-29-22-7)5-20-14(26)12-9(3)28-24-13(12)11-8(2)21-25(4)15(11)27-6-16(17,18)19/h5-6H2,1-4H3,(H,20,26). The maximum atomic E-state index is 12.7. The van der Waals surface area contributed by atoms with E-state index in [1.54, 1.807) is 13.8 Å². The summed E-state index contributed by atoms with van der Waals surface area (Å²) < 4.78 is 53.6. The van der Waals surface area contributed by atoms with Crippen LogP contribution in [0.15, 0.2) is 9.15 Å². The fraction of sp³-hybridized carbons (Fsp3) is 0.438. The van der Waals surface area contributed by atoms with Crippen LogP contribution in [0.3, 0.4) is 0 Å². The summed E-state index contributed by atoms with van der Waals surface area (Å²) in [6.45, 7) is 3.25. The van der Waals surface area contributed by atoms with Crippen LogP contribution in [0.1, 0.15) is 33.2 Å². The molecule has 3 aromatic rings. The van der Waals surface area contributed by atoms with E-state index in [2.05, 4.69) is 30.5 Å². The van der Waals surface area contributed by atoms with Gasteiger partial charge in [0.25, 0.3) is 5.91 Å². The summed E-state index contributed by atoms with van der Waals surface area (Å²) >= 11 is 0. The first-order valence-electron chi connectivity index (χ1n) is 8.34. The summed E-state index contributed by atoms with van der Waals surface area (Å²) in [5, 5.41) is 17.8. The SMILES string of the molecule is Cc1nonc1CNC(=O)c1c(-c2c(C)nn(C)c2OCC(F)(F)F)noc1C. The normalized spacial score (nSPS) is 11.7. The van der Waals surface area contributed by atoms with E-state index >= 15 is 0 Å². The molecule has 0 unspecified atom stereocenters. The Morgan fingerprint density at radius 3 is 2.52 bits per heavy atom. The van der Waals surface area contributed by atoms with Gasteiger partial charge in [-0.05, 0) is 20.8 Å². The number of alkyl halides is 3. The third kappa shape index (κ3) is 4.22. The highest BCUT2D eigenvalue weighted by Crippen LogP contribution is 2.36. The number of carbonyl (C=O) groups excluding carboxylic acids is 1. The summed E-state index contributed by atoms with van der Waals surface area (Å²) in [5.41, 5.74) is 1.48. The molecule has 0 spiro atoms. The Labute approximate surface area is 161 Å². The molecule has 3 heterocycles. The van der Waals surface area contributed by atoms with Crippen molar-refractivity contribution in [1.82, 2.24) is 30.6 Å². The van der Waals surface area contributed by atoms with Gasteiger partial charge in [0.15, 0.2) is 6.61 Å². The largest absolute Gasteiger partial charge is 0.468 e. The molecule has 3 aromatic heterocycles. The van der Waals surface area contributed by atoms with Crippen LogP contribution in [0.2, 0.25) is 0 Å². The minimum atomic E-state index is -4.54. The zero-order valence-electron chi connectivity index (χ0n) is 15.9. The number of aryl methyl sites for hydroxylation is 4. The number of ether oxygens (including phenoxy) is 1. The molecule has 0 fully saturated rings. The van der Waals surface area contributed by atoms with Gasteiger partial charge in [-0.15, -0.1) is 0 Å². The second-order valence-electron chi connectivity index (χ2n) is 6.23. The molecule has 0 aliphatic heterocycles.